The van der Waals surface area contributed by atoms with E-state index in [1.165, 1.54) is 19.2 Å². The van der Waals surface area contributed by atoms with Crippen molar-refractivity contribution in [3.63, 3.8) is 0 Å². The standard InChI is InChI=1S/C18H18FN5O2/c1-26-17-11-15(4-5-21-17)22-18(25)24-8-6-23(7-9-24)16-3-2-14(19)10-13(16)12-20/h2-5,10-11H,6-9H2,1H3,(H,21,22,25). The Labute approximate surface area is 150 Å². The number of anilines is 2. The van der Waals surface area contributed by atoms with E-state index in [1.54, 1.807) is 29.3 Å². The summed E-state index contributed by atoms with van der Waals surface area (Å²) in [6.45, 7) is 2.12. The molecule has 8 heteroatoms. The Kier molecular flexibility index (Phi) is 5.17. The molecule has 2 aromatic rings. The van der Waals surface area contributed by atoms with Gasteiger partial charge in [0.15, 0.2) is 0 Å². The van der Waals surface area contributed by atoms with Gasteiger partial charge >= 0.3 is 6.03 Å². The van der Waals surface area contributed by atoms with Gasteiger partial charge in [-0.05, 0) is 24.3 Å². The number of carbonyl (C=O) groups excluding carboxylic acids is 1. The van der Waals surface area contributed by atoms with Crippen molar-refractivity contribution in [3.8, 4) is 11.9 Å². The molecule has 3 rings (SSSR count). The Morgan fingerprint density at radius 3 is 2.73 bits per heavy atom. The monoisotopic (exact) mass is 355 g/mol. The minimum Gasteiger partial charge on any atom is -0.481 e. The van der Waals surface area contributed by atoms with Crippen molar-refractivity contribution in [2.24, 2.45) is 0 Å². The number of nitriles is 1. The molecule has 1 saturated heterocycles. The summed E-state index contributed by atoms with van der Waals surface area (Å²) in [6.07, 6.45) is 1.56. The Bertz CT molecular complexity index is 844. The number of nitrogens with zero attached hydrogens (tertiary/aromatic N) is 4. The van der Waals surface area contributed by atoms with Crippen LogP contribution in [-0.4, -0.2) is 49.2 Å². The molecule has 1 aliphatic heterocycles. The maximum absolute atomic E-state index is 13.3. The van der Waals surface area contributed by atoms with Crippen molar-refractivity contribution in [2.75, 3.05) is 43.5 Å². The summed E-state index contributed by atoms with van der Waals surface area (Å²) >= 11 is 0. The molecule has 0 aliphatic carbocycles. The molecule has 0 saturated carbocycles. The first-order valence-electron chi connectivity index (χ1n) is 8.11. The van der Waals surface area contributed by atoms with Crippen molar-refractivity contribution in [2.45, 2.75) is 0 Å². The van der Waals surface area contributed by atoms with E-state index in [-0.39, 0.29) is 6.03 Å². The smallest absolute Gasteiger partial charge is 0.321 e. The van der Waals surface area contributed by atoms with Gasteiger partial charge in [0.05, 0.1) is 18.4 Å². The molecule has 1 N–H and O–H groups in total. The van der Waals surface area contributed by atoms with E-state index in [4.69, 9.17) is 4.74 Å². The Hall–Kier alpha value is -3.34. The highest BCUT2D eigenvalue weighted by Gasteiger charge is 2.23. The van der Waals surface area contributed by atoms with Gasteiger partial charge in [0.25, 0.3) is 0 Å². The lowest BCUT2D eigenvalue weighted by Gasteiger charge is -2.36. The number of hydrogen-bond donors (Lipinski definition) is 1. The number of rotatable bonds is 3. The average molecular weight is 355 g/mol. The van der Waals surface area contributed by atoms with Crippen LogP contribution >= 0.6 is 0 Å². The fourth-order valence-corrected chi connectivity index (χ4v) is 2.83. The molecule has 1 aromatic heterocycles. The van der Waals surface area contributed by atoms with Crippen LogP contribution in [0.5, 0.6) is 5.88 Å². The Balaban J connectivity index is 1.61. The maximum Gasteiger partial charge on any atom is 0.321 e. The van der Waals surface area contributed by atoms with Crippen LogP contribution in [0.15, 0.2) is 36.5 Å². The number of piperazine rings is 1. The van der Waals surface area contributed by atoms with E-state index >= 15 is 0 Å². The van der Waals surface area contributed by atoms with Crippen molar-refractivity contribution >= 4 is 17.4 Å². The first-order valence-corrected chi connectivity index (χ1v) is 8.11. The van der Waals surface area contributed by atoms with Gasteiger partial charge in [-0.1, -0.05) is 0 Å². The van der Waals surface area contributed by atoms with E-state index in [9.17, 15) is 14.4 Å². The highest BCUT2D eigenvalue weighted by molar-refractivity contribution is 5.89. The van der Waals surface area contributed by atoms with E-state index < -0.39 is 5.82 Å². The second-order valence-corrected chi connectivity index (χ2v) is 5.76. The number of halogens is 1. The Morgan fingerprint density at radius 1 is 1.27 bits per heavy atom. The van der Waals surface area contributed by atoms with Crippen LogP contribution in [0.3, 0.4) is 0 Å². The van der Waals surface area contributed by atoms with Crippen molar-refractivity contribution in [3.05, 3.63) is 47.9 Å². The molecule has 134 valence electrons. The molecule has 26 heavy (non-hydrogen) atoms. The van der Waals surface area contributed by atoms with Crippen LogP contribution < -0.4 is 15.0 Å². The third-order valence-electron chi connectivity index (χ3n) is 4.18. The molecular weight excluding hydrogens is 337 g/mol. The number of ether oxygens (including phenoxy) is 1. The number of hydrogen-bond acceptors (Lipinski definition) is 5. The number of methoxy groups -OCH3 is 1. The van der Waals surface area contributed by atoms with Crippen LogP contribution in [0.2, 0.25) is 0 Å². The predicted molar refractivity (Wildman–Crippen MR) is 94.7 cm³/mol. The zero-order chi connectivity index (χ0) is 18.5. The minimum atomic E-state index is -0.434. The lowest BCUT2D eigenvalue weighted by molar-refractivity contribution is 0.208. The molecular formula is C18H18FN5O2. The summed E-state index contributed by atoms with van der Waals surface area (Å²) in [7, 11) is 1.51. The molecule has 0 bridgehead atoms. The molecule has 1 fully saturated rings. The molecule has 1 aliphatic rings. The van der Waals surface area contributed by atoms with Crippen molar-refractivity contribution < 1.29 is 13.9 Å². The van der Waals surface area contributed by atoms with E-state index in [0.29, 0.717) is 49.0 Å². The summed E-state index contributed by atoms with van der Waals surface area (Å²) in [6, 6.07) is 9.31. The first-order chi connectivity index (χ1) is 12.6. The predicted octanol–water partition coefficient (Wildman–Crippen LogP) is 2.46. The largest absolute Gasteiger partial charge is 0.481 e. The fourth-order valence-electron chi connectivity index (χ4n) is 2.83. The zero-order valence-corrected chi connectivity index (χ0v) is 14.3. The average Bonchev–Trinajstić information content (AvgIpc) is 2.68. The molecule has 0 spiro atoms. The number of amides is 2. The molecule has 1 aromatic carbocycles. The molecule has 0 unspecified atom stereocenters. The fraction of sp³-hybridized carbons (Fsp3) is 0.278. The van der Waals surface area contributed by atoms with Gasteiger partial charge in [0.1, 0.15) is 11.9 Å². The number of aromatic nitrogens is 1. The number of pyridine rings is 1. The molecule has 0 atom stereocenters. The third-order valence-corrected chi connectivity index (χ3v) is 4.18. The van der Waals surface area contributed by atoms with Crippen LogP contribution in [0.25, 0.3) is 0 Å². The second-order valence-electron chi connectivity index (χ2n) is 5.76. The SMILES string of the molecule is COc1cc(NC(=O)N2CCN(c3ccc(F)cc3C#N)CC2)ccn1. The molecule has 2 amide bonds. The van der Waals surface area contributed by atoms with Gasteiger partial charge < -0.3 is 19.9 Å². The minimum absolute atomic E-state index is 0.211. The third kappa shape index (κ3) is 3.83. The van der Waals surface area contributed by atoms with Gasteiger partial charge in [-0.15, -0.1) is 0 Å². The molecule has 7 nitrogen and oxygen atoms in total. The lowest BCUT2D eigenvalue weighted by atomic mass is 10.1. The summed E-state index contributed by atoms with van der Waals surface area (Å²) in [5, 5.41) is 12.0. The van der Waals surface area contributed by atoms with Crippen LogP contribution in [0.1, 0.15) is 5.56 Å². The number of urea groups is 1. The maximum atomic E-state index is 13.3. The Morgan fingerprint density at radius 2 is 2.04 bits per heavy atom. The van der Waals surface area contributed by atoms with Gasteiger partial charge in [0.2, 0.25) is 5.88 Å². The van der Waals surface area contributed by atoms with Gasteiger partial charge in [-0.3, -0.25) is 0 Å². The number of carbonyl (C=O) groups is 1. The quantitative estimate of drug-likeness (QED) is 0.915. The summed E-state index contributed by atoms with van der Waals surface area (Å²) in [4.78, 5) is 20.1. The van der Waals surface area contributed by atoms with Crippen molar-refractivity contribution in [1.29, 1.82) is 5.26 Å². The van der Waals surface area contributed by atoms with E-state index in [0.717, 1.165) is 0 Å². The van der Waals surface area contributed by atoms with Gasteiger partial charge in [-0.2, -0.15) is 5.26 Å². The number of nitrogens with one attached hydrogen (secondary N) is 1. The molecule has 2 heterocycles. The van der Waals surface area contributed by atoms with Crippen LogP contribution in [0, 0.1) is 17.1 Å². The van der Waals surface area contributed by atoms with Crippen LogP contribution in [0.4, 0.5) is 20.6 Å². The normalized spacial score (nSPS) is 13.9. The zero-order valence-electron chi connectivity index (χ0n) is 14.3. The topological polar surface area (TPSA) is 81.5 Å². The second kappa shape index (κ2) is 7.70. The van der Waals surface area contributed by atoms with E-state index in [1.807, 2.05) is 11.0 Å². The summed E-state index contributed by atoms with van der Waals surface area (Å²) in [5.74, 6) is -0.0101. The summed E-state index contributed by atoms with van der Waals surface area (Å²) < 4.78 is 18.3. The highest BCUT2D eigenvalue weighted by Crippen LogP contribution is 2.23. The van der Waals surface area contributed by atoms with Gasteiger partial charge in [-0.25, -0.2) is 14.2 Å². The lowest BCUT2D eigenvalue weighted by Crippen LogP contribution is -2.50. The van der Waals surface area contributed by atoms with E-state index in [2.05, 4.69) is 10.3 Å². The van der Waals surface area contributed by atoms with Crippen molar-refractivity contribution in [1.82, 2.24) is 9.88 Å². The highest BCUT2D eigenvalue weighted by atomic mass is 19.1. The van der Waals surface area contributed by atoms with Crippen LogP contribution in [-0.2, 0) is 0 Å². The molecule has 0 radical (unpaired) electrons. The number of benzene rings is 1. The summed E-state index contributed by atoms with van der Waals surface area (Å²) in [5.41, 5.74) is 1.59. The first kappa shape index (κ1) is 17.5. The van der Waals surface area contributed by atoms with Gasteiger partial charge in [0, 0.05) is 44.1 Å².